The van der Waals surface area contributed by atoms with E-state index in [0.717, 1.165) is 12.1 Å². The lowest BCUT2D eigenvalue weighted by Crippen LogP contribution is -2.04. The van der Waals surface area contributed by atoms with Gasteiger partial charge in [-0.15, -0.1) is 0 Å². The number of hydrogen-bond acceptors (Lipinski definition) is 0. The smallest absolute Gasteiger partial charge is 0.166 e. The van der Waals surface area contributed by atoms with Crippen LogP contribution in [0.25, 0.3) is 5.57 Å². The fourth-order valence-corrected chi connectivity index (χ4v) is 3.07. The number of rotatable bonds is 1. The highest BCUT2D eigenvalue weighted by molar-refractivity contribution is 5.76. The molecule has 138 valence electrons. The quantitative estimate of drug-likeness (QED) is 0.499. The number of hydrogen-bond donors (Lipinski definition) is 0. The Morgan fingerprint density at radius 2 is 1.50 bits per heavy atom. The number of allylic oxidation sites excluding steroid dienone is 4. The molecule has 1 aliphatic rings. The number of alkyl halides is 3. The van der Waals surface area contributed by atoms with Crippen LogP contribution in [-0.2, 0) is 6.18 Å². The molecule has 0 heterocycles. The number of benzene rings is 2. The van der Waals surface area contributed by atoms with Crippen molar-refractivity contribution >= 4 is 5.57 Å². The van der Waals surface area contributed by atoms with Gasteiger partial charge in [0.15, 0.2) is 0 Å². The van der Waals surface area contributed by atoms with Gasteiger partial charge in [0.05, 0.1) is 5.56 Å². The van der Waals surface area contributed by atoms with Gasteiger partial charge in [0.2, 0.25) is 0 Å². The average molecular weight is 358 g/mol. The van der Waals surface area contributed by atoms with Crippen molar-refractivity contribution in [2.75, 3.05) is 0 Å². The van der Waals surface area contributed by atoms with Crippen molar-refractivity contribution in [3.05, 3.63) is 88.5 Å². The second-order valence-electron chi connectivity index (χ2n) is 7.03. The minimum atomic E-state index is -4.22. The SMILES string of the molecule is CC1=CC(c2cccc(C)c2)=CC(C)C1.Cc1cccc(C(F)(F)F)c1. The highest BCUT2D eigenvalue weighted by atomic mass is 19.4. The Hall–Kier alpha value is -2.29. The molecule has 0 fully saturated rings. The summed E-state index contributed by atoms with van der Waals surface area (Å²) in [7, 11) is 0. The lowest BCUT2D eigenvalue weighted by molar-refractivity contribution is -0.137. The van der Waals surface area contributed by atoms with Crippen molar-refractivity contribution in [1.29, 1.82) is 0 Å². The van der Waals surface area contributed by atoms with Crippen LogP contribution < -0.4 is 0 Å². The molecule has 0 aliphatic heterocycles. The highest BCUT2D eigenvalue weighted by Crippen LogP contribution is 2.29. The monoisotopic (exact) mass is 358 g/mol. The third-order valence-corrected chi connectivity index (χ3v) is 4.21. The minimum absolute atomic E-state index is 0.586. The first-order valence-corrected chi connectivity index (χ1v) is 8.75. The normalized spacial score (nSPS) is 17.0. The molecule has 0 saturated heterocycles. The molecule has 3 rings (SSSR count). The van der Waals surface area contributed by atoms with Crippen molar-refractivity contribution < 1.29 is 13.2 Å². The largest absolute Gasteiger partial charge is 0.416 e. The maximum atomic E-state index is 12.0. The first-order valence-electron chi connectivity index (χ1n) is 8.75. The van der Waals surface area contributed by atoms with Gasteiger partial charge in [-0.2, -0.15) is 13.2 Å². The van der Waals surface area contributed by atoms with Crippen LogP contribution in [0.4, 0.5) is 13.2 Å². The van der Waals surface area contributed by atoms with E-state index in [9.17, 15) is 13.2 Å². The summed E-state index contributed by atoms with van der Waals surface area (Å²) in [4.78, 5) is 0. The second-order valence-corrected chi connectivity index (χ2v) is 7.03. The van der Waals surface area contributed by atoms with Gasteiger partial charge in [0, 0.05) is 0 Å². The van der Waals surface area contributed by atoms with Crippen LogP contribution in [0.3, 0.4) is 0 Å². The predicted molar refractivity (Wildman–Crippen MR) is 103 cm³/mol. The van der Waals surface area contributed by atoms with Gasteiger partial charge in [-0.3, -0.25) is 0 Å². The van der Waals surface area contributed by atoms with E-state index in [-0.39, 0.29) is 0 Å². The van der Waals surface area contributed by atoms with Gasteiger partial charge in [0.25, 0.3) is 0 Å². The van der Waals surface area contributed by atoms with E-state index in [1.807, 2.05) is 0 Å². The Morgan fingerprint density at radius 1 is 0.885 bits per heavy atom. The molecule has 0 spiro atoms. The second kappa shape index (κ2) is 8.39. The average Bonchev–Trinajstić information content (AvgIpc) is 2.54. The molecular formula is C23H25F3. The molecule has 0 nitrogen and oxygen atoms in total. The lowest BCUT2D eigenvalue weighted by atomic mass is 9.89. The zero-order chi connectivity index (χ0) is 19.3. The van der Waals surface area contributed by atoms with Crippen LogP contribution in [0.2, 0.25) is 0 Å². The van der Waals surface area contributed by atoms with Crippen LogP contribution >= 0.6 is 0 Å². The van der Waals surface area contributed by atoms with Gasteiger partial charge < -0.3 is 0 Å². The zero-order valence-electron chi connectivity index (χ0n) is 15.7. The summed E-state index contributed by atoms with van der Waals surface area (Å²) in [6, 6.07) is 14.0. The third kappa shape index (κ3) is 5.91. The maximum absolute atomic E-state index is 12.0. The molecule has 1 unspecified atom stereocenters. The Bertz CT molecular complexity index is 810. The summed E-state index contributed by atoms with van der Waals surface area (Å²) in [6.45, 7) is 8.29. The Labute approximate surface area is 154 Å². The van der Waals surface area contributed by atoms with Crippen LogP contribution in [0.1, 0.15) is 42.5 Å². The summed E-state index contributed by atoms with van der Waals surface area (Å²) in [6.07, 6.45) is 1.68. The summed E-state index contributed by atoms with van der Waals surface area (Å²) in [5.74, 6) is 0.672. The van der Waals surface area contributed by atoms with Gasteiger partial charge in [-0.25, -0.2) is 0 Å². The van der Waals surface area contributed by atoms with Crippen molar-refractivity contribution in [2.24, 2.45) is 5.92 Å². The van der Waals surface area contributed by atoms with E-state index in [1.54, 1.807) is 13.0 Å². The Kier molecular flexibility index (Phi) is 6.47. The molecule has 26 heavy (non-hydrogen) atoms. The van der Waals surface area contributed by atoms with Crippen molar-refractivity contribution in [1.82, 2.24) is 0 Å². The first kappa shape index (κ1) is 20.0. The molecular weight excluding hydrogens is 333 g/mol. The molecule has 0 N–H and O–H groups in total. The van der Waals surface area contributed by atoms with Crippen LogP contribution in [0.5, 0.6) is 0 Å². The molecule has 3 heteroatoms. The van der Waals surface area contributed by atoms with Gasteiger partial charge in [0.1, 0.15) is 0 Å². The van der Waals surface area contributed by atoms with Crippen LogP contribution in [0, 0.1) is 19.8 Å². The first-order chi connectivity index (χ1) is 12.1. The standard InChI is InChI=1S/C15H18.C8H7F3/c1-11-5-4-6-14(8-11)15-9-12(2)7-13(3)10-15;1-6-3-2-4-7(5-6)8(9,10)11/h4-6,8-10,12H,7H2,1-3H3;2-5H,1H3. The fourth-order valence-electron chi connectivity index (χ4n) is 3.07. The van der Waals surface area contributed by atoms with E-state index in [1.165, 1.54) is 34.8 Å². The molecule has 2 aromatic rings. The minimum Gasteiger partial charge on any atom is -0.166 e. The van der Waals surface area contributed by atoms with E-state index >= 15 is 0 Å². The third-order valence-electron chi connectivity index (χ3n) is 4.21. The summed E-state index contributed by atoms with van der Waals surface area (Å²) >= 11 is 0. The van der Waals surface area contributed by atoms with Gasteiger partial charge in [-0.1, -0.05) is 78.2 Å². The molecule has 0 amide bonds. The van der Waals surface area contributed by atoms with E-state index in [2.05, 4.69) is 57.2 Å². The number of aryl methyl sites for hydroxylation is 2. The summed E-state index contributed by atoms with van der Waals surface area (Å²) in [5.41, 5.74) is 5.59. The highest BCUT2D eigenvalue weighted by Gasteiger charge is 2.29. The summed E-state index contributed by atoms with van der Waals surface area (Å²) in [5, 5.41) is 0. The molecule has 0 bridgehead atoms. The van der Waals surface area contributed by atoms with Crippen LogP contribution in [-0.4, -0.2) is 0 Å². The number of halogens is 3. The van der Waals surface area contributed by atoms with Gasteiger partial charge in [-0.05, 0) is 50.3 Å². The predicted octanol–water partition coefficient (Wildman–Crippen LogP) is 7.38. The van der Waals surface area contributed by atoms with Crippen molar-refractivity contribution in [3.63, 3.8) is 0 Å². The summed E-state index contributed by atoms with van der Waals surface area (Å²) < 4.78 is 35.9. The molecule has 1 atom stereocenters. The van der Waals surface area contributed by atoms with Crippen molar-refractivity contribution in [3.8, 4) is 0 Å². The Balaban J connectivity index is 0.000000197. The molecule has 0 radical (unpaired) electrons. The van der Waals surface area contributed by atoms with E-state index in [0.29, 0.717) is 11.5 Å². The van der Waals surface area contributed by atoms with E-state index in [4.69, 9.17) is 0 Å². The van der Waals surface area contributed by atoms with Crippen LogP contribution in [0.15, 0.2) is 66.3 Å². The van der Waals surface area contributed by atoms with Gasteiger partial charge >= 0.3 is 6.18 Å². The molecule has 0 saturated carbocycles. The van der Waals surface area contributed by atoms with Crippen molar-refractivity contribution in [2.45, 2.75) is 40.3 Å². The zero-order valence-corrected chi connectivity index (χ0v) is 15.7. The topological polar surface area (TPSA) is 0 Å². The molecule has 2 aromatic carbocycles. The molecule has 0 aromatic heterocycles. The lowest BCUT2D eigenvalue weighted by Gasteiger charge is -2.16. The van der Waals surface area contributed by atoms with E-state index < -0.39 is 11.7 Å². The fraction of sp³-hybridized carbons (Fsp3) is 0.304. The molecule has 1 aliphatic carbocycles. The Morgan fingerprint density at radius 3 is 2.00 bits per heavy atom. The maximum Gasteiger partial charge on any atom is 0.416 e.